The van der Waals surface area contributed by atoms with Crippen molar-refractivity contribution in [2.75, 3.05) is 17.3 Å². The minimum atomic E-state index is 0.546. The second kappa shape index (κ2) is 1.63. The molecule has 2 heterocycles. The van der Waals surface area contributed by atoms with E-state index in [0.717, 1.165) is 5.52 Å². The van der Waals surface area contributed by atoms with Crippen LogP contribution in [0.25, 0.3) is 5.52 Å². The van der Waals surface area contributed by atoms with Crippen molar-refractivity contribution >= 4 is 17.0 Å². The Kier molecular flexibility index (Phi) is 0.883. The quantitative estimate of drug-likeness (QED) is 0.448. The molecule has 0 aromatic carbocycles. The number of rotatable bonds is 0. The molecule has 0 spiro atoms. The zero-order valence-corrected chi connectivity index (χ0v) is 5.86. The van der Waals surface area contributed by atoms with Gasteiger partial charge in [-0.15, -0.1) is 0 Å². The first kappa shape index (κ1) is 5.96. The third kappa shape index (κ3) is 0.590. The Labute approximate surface area is 62.9 Å². The molecule has 0 aliphatic rings. The number of anilines is 2. The predicted molar refractivity (Wildman–Crippen MR) is 44.4 cm³/mol. The molecular formula is C6H9N5. The largest absolute Gasteiger partial charge is 0.397 e. The fourth-order valence-electron chi connectivity index (χ4n) is 1.19. The smallest absolute Gasteiger partial charge is 0.127 e. The summed E-state index contributed by atoms with van der Waals surface area (Å²) in [6.45, 7) is 0. The molecule has 6 N–H and O–H groups in total. The Morgan fingerprint density at radius 3 is 2.64 bits per heavy atom. The van der Waals surface area contributed by atoms with Gasteiger partial charge in [0.1, 0.15) is 5.82 Å². The van der Waals surface area contributed by atoms with Gasteiger partial charge in [-0.2, -0.15) is 0 Å². The maximum Gasteiger partial charge on any atom is 0.127 e. The molecule has 0 bridgehead atoms. The molecule has 2 aromatic rings. The van der Waals surface area contributed by atoms with Crippen LogP contribution >= 0.6 is 0 Å². The molecule has 58 valence electrons. The summed E-state index contributed by atoms with van der Waals surface area (Å²) in [5, 5.41) is 0. The fraction of sp³-hybridized carbons (Fsp3) is 0. The molecule has 0 radical (unpaired) electrons. The van der Waals surface area contributed by atoms with E-state index in [1.165, 1.54) is 4.79 Å². The molecule has 0 saturated carbocycles. The van der Waals surface area contributed by atoms with Crippen LogP contribution in [0.1, 0.15) is 0 Å². The lowest BCUT2D eigenvalue weighted by molar-refractivity contribution is 0.772. The number of hydrogen-bond acceptors (Lipinski definition) is 3. The van der Waals surface area contributed by atoms with Gasteiger partial charge in [0.05, 0.1) is 11.2 Å². The molecule has 0 fully saturated rings. The molecule has 2 aromatic heterocycles. The molecule has 5 nitrogen and oxygen atoms in total. The van der Waals surface area contributed by atoms with Crippen molar-refractivity contribution in [3.05, 3.63) is 18.3 Å². The van der Waals surface area contributed by atoms with Crippen LogP contribution in [-0.4, -0.2) is 9.31 Å². The SMILES string of the molecule is Nc1cc(N)n2c1ccn2N. The van der Waals surface area contributed by atoms with Gasteiger partial charge in [-0.25, -0.2) is 9.31 Å². The van der Waals surface area contributed by atoms with Crippen LogP contribution in [0.4, 0.5) is 11.5 Å². The van der Waals surface area contributed by atoms with Gasteiger partial charge in [-0.1, -0.05) is 0 Å². The third-order valence-electron chi connectivity index (χ3n) is 1.69. The number of fused-ring (bicyclic) bond motifs is 1. The van der Waals surface area contributed by atoms with Crippen LogP contribution < -0.4 is 17.3 Å². The minimum Gasteiger partial charge on any atom is -0.397 e. The van der Waals surface area contributed by atoms with Crippen molar-refractivity contribution in [2.45, 2.75) is 0 Å². The summed E-state index contributed by atoms with van der Waals surface area (Å²) in [6, 6.07) is 3.49. The lowest BCUT2D eigenvalue weighted by Crippen LogP contribution is -2.14. The topological polar surface area (TPSA) is 87.4 Å². The van der Waals surface area contributed by atoms with Gasteiger partial charge in [0.15, 0.2) is 0 Å². The monoisotopic (exact) mass is 151 g/mol. The summed E-state index contributed by atoms with van der Waals surface area (Å²) in [4.78, 5) is 1.39. The highest BCUT2D eigenvalue weighted by atomic mass is 15.5. The second-order valence-corrected chi connectivity index (χ2v) is 2.42. The van der Waals surface area contributed by atoms with Crippen LogP contribution in [0.15, 0.2) is 18.3 Å². The summed E-state index contributed by atoms with van der Waals surface area (Å²) in [5.74, 6) is 6.08. The van der Waals surface area contributed by atoms with Gasteiger partial charge in [0.2, 0.25) is 0 Å². The minimum absolute atomic E-state index is 0.546. The molecule has 0 unspecified atom stereocenters. The fourth-order valence-corrected chi connectivity index (χ4v) is 1.19. The van der Waals surface area contributed by atoms with E-state index in [9.17, 15) is 0 Å². The summed E-state index contributed by atoms with van der Waals surface area (Å²) >= 11 is 0. The summed E-state index contributed by atoms with van der Waals surface area (Å²) in [5.41, 5.74) is 12.7. The van der Waals surface area contributed by atoms with Gasteiger partial charge >= 0.3 is 0 Å². The van der Waals surface area contributed by atoms with Gasteiger partial charge in [0.25, 0.3) is 0 Å². The molecule has 0 atom stereocenters. The average Bonchev–Trinajstić information content (AvgIpc) is 2.41. The van der Waals surface area contributed by atoms with E-state index in [1.54, 1.807) is 16.8 Å². The highest BCUT2D eigenvalue weighted by Gasteiger charge is 2.05. The molecule has 0 amide bonds. The zero-order valence-electron chi connectivity index (χ0n) is 5.86. The van der Waals surface area contributed by atoms with E-state index in [2.05, 4.69) is 0 Å². The number of nitrogens with zero attached hydrogens (tertiary/aromatic N) is 2. The van der Waals surface area contributed by atoms with E-state index in [-0.39, 0.29) is 0 Å². The first-order chi connectivity index (χ1) is 5.20. The zero-order chi connectivity index (χ0) is 8.01. The summed E-state index contributed by atoms with van der Waals surface area (Å²) in [6.07, 6.45) is 1.70. The van der Waals surface area contributed by atoms with Crippen molar-refractivity contribution in [3.8, 4) is 0 Å². The molecular weight excluding hydrogens is 142 g/mol. The molecule has 0 aliphatic carbocycles. The molecule has 2 rings (SSSR count). The highest BCUT2D eigenvalue weighted by molar-refractivity contribution is 5.75. The van der Waals surface area contributed by atoms with Gasteiger partial charge in [0, 0.05) is 12.3 Å². The lowest BCUT2D eigenvalue weighted by atomic mass is 10.4. The molecule has 5 heteroatoms. The van der Waals surface area contributed by atoms with Gasteiger partial charge in [-0.05, 0) is 6.07 Å². The summed E-state index contributed by atoms with van der Waals surface area (Å²) in [7, 11) is 0. The number of hydrogen-bond donors (Lipinski definition) is 3. The van der Waals surface area contributed by atoms with Crippen LogP contribution in [0.2, 0.25) is 0 Å². The van der Waals surface area contributed by atoms with Crippen LogP contribution in [0, 0.1) is 0 Å². The Morgan fingerprint density at radius 2 is 2.00 bits per heavy atom. The van der Waals surface area contributed by atoms with Crippen LogP contribution in [-0.2, 0) is 0 Å². The second-order valence-electron chi connectivity index (χ2n) is 2.42. The number of nitrogens with two attached hydrogens (primary N) is 3. The van der Waals surface area contributed by atoms with Gasteiger partial charge < -0.3 is 17.3 Å². The molecule has 11 heavy (non-hydrogen) atoms. The van der Waals surface area contributed by atoms with Crippen molar-refractivity contribution in [1.82, 2.24) is 9.31 Å². The lowest BCUT2D eigenvalue weighted by Gasteiger charge is -1.96. The Morgan fingerprint density at radius 1 is 1.27 bits per heavy atom. The molecule has 0 saturated heterocycles. The highest BCUT2D eigenvalue weighted by Crippen LogP contribution is 2.19. The van der Waals surface area contributed by atoms with E-state index in [4.69, 9.17) is 17.3 Å². The van der Waals surface area contributed by atoms with E-state index in [0.29, 0.717) is 11.5 Å². The Balaban J connectivity index is 2.98. The van der Waals surface area contributed by atoms with E-state index in [1.807, 2.05) is 6.07 Å². The maximum atomic E-state index is 5.62. The predicted octanol–water partition coefficient (Wildman–Crippen LogP) is -0.381. The maximum absolute atomic E-state index is 5.62. The normalized spacial score (nSPS) is 10.9. The Bertz CT molecular complexity index is 396. The van der Waals surface area contributed by atoms with Crippen LogP contribution in [0.5, 0.6) is 0 Å². The van der Waals surface area contributed by atoms with Crippen molar-refractivity contribution < 1.29 is 0 Å². The van der Waals surface area contributed by atoms with Crippen molar-refractivity contribution in [1.29, 1.82) is 0 Å². The van der Waals surface area contributed by atoms with E-state index < -0.39 is 0 Å². The van der Waals surface area contributed by atoms with Crippen molar-refractivity contribution in [2.24, 2.45) is 0 Å². The third-order valence-corrected chi connectivity index (χ3v) is 1.69. The van der Waals surface area contributed by atoms with Crippen LogP contribution in [0.3, 0.4) is 0 Å². The Hall–Kier alpha value is -1.78. The molecule has 0 aliphatic heterocycles. The van der Waals surface area contributed by atoms with Crippen molar-refractivity contribution in [3.63, 3.8) is 0 Å². The number of nitrogen functional groups attached to an aromatic ring is 3. The summed E-state index contributed by atoms with van der Waals surface area (Å²) < 4.78 is 1.63. The first-order valence-electron chi connectivity index (χ1n) is 3.19. The van der Waals surface area contributed by atoms with E-state index >= 15 is 0 Å². The first-order valence-corrected chi connectivity index (χ1v) is 3.19. The average molecular weight is 151 g/mol. The van der Waals surface area contributed by atoms with Gasteiger partial charge in [-0.3, -0.25) is 0 Å². The standard InChI is InChI=1S/C6H9N5/c7-4-3-6(8)11-5(4)1-2-10(11)9/h1-3H,7-9H2. The number of aromatic nitrogens is 2.